The molecule has 2 aromatic rings. The first-order chi connectivity index (χ1) is 13.1. The summed E-state index contributed by atoms with van der Waals surface area (Å²) in [4.78, 5) is 27.1. The molecule has 0 aliphatic heterocycles. The molecule has 7 nitrogen and oxygen atoms in total. The van der Waals surface area contributed by atoms with Crippen LogP contribution in [0.25, 0.3) is 11.1 Å². The van der Waals surface area contributed by atoms with Gasteiger partial charge in [0.2, 0.25) is 0 Å². The van der Waals surface area contributed by atoms with Crippen LogP contribution < -0.4 is 16.4 Å². The van der Waals surface area contributed by atoms with Gasteiger partial charge in [-0.3, -0.25) is 0 Å². The molecule has 150 valence electrons. The zero-order valence-corrected chi connectivity index (χ0v) is 15.9. The van der Waals surface area contributed by atoms with Crippen molar-refractivity contribution in [3.63, 3.8) is 0 Å². The van der Waals surface area contributed by atoms with E-state index in [9.17, 15) is 14.0 Å². The average Bonchev–Trinajstić information content (AvgIpc) is 2.64. The summed E-state index contributed by atoms with van der Waals surface area (Å²) in [6, 6.07) is 10.3. The molecule has 1 amide bonds. The number of hydrogen-bond acceptors (Lipinski definition) is 6. The van der Waals surface area contributed by atoms with E-state index in [2.05, 4.69) is 4.84 Å². The summed E-state index contributed by atoms with van der Waals surface area (Å²) in [6.07, 6.45) is -1.44. The topological polar surface area (TPSA) is 114 Å². The molecule has 2 aromatic carbocycles. The summed E-state index contributed by atoms with van der Waals surface area (Å²) in [5.41, 5.74) is 6.01. The second-order valence-electron chi connectivity index (χ2n) is 7.23. The predicted molar refractivity (Wildman–Crippen MR) is 101 cm³/mol. The Kier molecular flexibility index (Phi) is 6.58. The van der Waals surface area contributed by atoms with Gasteiger partial charge >= 0.3 is 12.1 Å². The van der Waals surface area contributed by atoms with Crippen molar-refractivity contribution in [2.45, 2.75) is 26.9 Å². The number of rotatable bonds is 6. The Labute approximate surface area is 162 Å². The minimum absolute atomic E-state index is 0.0612. The van der Waals surface area contributed by atoms with E-state index in [1.165, 1.54) is 24.3 Å². The molecule has 0 aliphatic carbocycles. The maximum Gasteiger partial charge on any atom is 0.404 e. The molecule has 4 N–H and O–H groups in total. The van der Waals surface area contributed by atoms with Crippen LogP contribution in [0.2, 0.25) is 0 Å². The van der Waals surface area contributed by atoms with Gasteiger partial charge in [-0.15, -0.1) is 0 Å². The summed E-state index contributed by atoms with van der Waals surface area (Å²) in [5, 5.41) is 0. The first-order valence-corrected chi connectivity index (χ1v) is 8.51. The second-order valence-corrected chi connectivity index (χ2v) is 7.23. The van der Waals surface area contributed by atoms with E-state index in [0.717, 1.165) is 0 Å². The number of amides is 1. The van der Waals surface area contributed by atoms with Crippen molar-refractivity contribution < 1.29 is 28.3 Å². The summed E-state index contributed by atoms with van der Waals surface area (Å²) in [6.45, 7) is 5.69. The molecule has 0 aliphatic rings. The predicted octanol–water partition coefficient (Wildman–Crippen LogP) is 3.41. The Balaban J connectivity index is 2.47. The van der Waals surface area contributed by atoms with E-state index in [0.29, 0.717) is 16.9 Å². The lowest BCUT2D eigenvalue weighted by molar-refractivity contribution is 0.0243. The van der Waals surface area contributed by atoms with Crippen LogP contribution in [0, 0.1) is 11.2 Å². The van der Waals surface area contributed by atoms with E-state index >= 15 is 0 Å². The lowest BCUT2D eigenvalue weighted by Crippen LogP contribution is -2.38. The quantitative estimate of drug-likeness (QED) is 0.731. The number of hydrogen-bond donors (Lipinski definition) is 2. The van der Waals surface area contributed by atoms with Gasteiger partial charge in [0.15, 0.2) is 0 Å². The van der Waals surface area contributed by atoms with Crippen molar-refractivity contribution in [2.75, 3.05) is 6.61 Å². The highest BCUT2D eigenvalue weighted by atomic mass is 19.1. The zero-order chi connectivity index (χ0) is 20.9. The molecule has 0 bridgehead atoms. The third-order valence-corrected chi connectivity index (χ3v) is 4.09. The third-order valence-electron chi connectivity index (χ3n) is 4.09. The number of carbonyl (C=O) groups excluding carboxylic acids is 2. The molecule has 0 saturated carbocycles. The van der Waals surface area contributed by atoms with Crippen LogP contribution in [-0.2, 0) is 9.57 Å². The third kappa shape index (κ3) is 5.43. The fraction of sp³-hybridized carbons (Fsp3) is 0.300. The molecule has 0 spiro atoms. The fourth-order valence-corrected chi connectivity index (χ4v) is 2.45. The van der Waals surface area contributed by atoms with Gasteiger partial charge in [0.05, 0.1) is 5.56 Å². The van der Waals surface area contributed by atoms with Gasteiger partial charge in [-0.05, 0) is 35.9 Å². The van der Waals surface area contributed by atoms with E-state index < -0.39 is 29.4 Å². The molecule has 0 saturated heterocycles. The van der Waals surface area contributed by atoms with Crippen molar-refractivity contribution in [3.8, 4) is 16.9 Å². The Bertz CT molecular complexity index is 847. The molecular formula is C20H23FN2O5. The maximum atomic E-state index is 13.3. The number of primary amides is 1. The van der Waals surface area contributed by atoms with Gasteiger partial charge in [-0.2, -0.15) is 5.90 Å². The molecule has 0 aromatic heterocycles. The molecule has 0 radical (unpaired) electrons. The summed E-state index contributed by atoms with van der Waals surface area (Å²) in [7, 11) is 0. The molecule has 1 unspecified atom stereocenters. The first kappa shape index (κ1) is 21.2. The van der Waals surface area contributed by atoms with Crippen LogP contribution in [0.4, 0.5) is 9.18 Å². The Morgan fingerprint density at radius 1 is 1.11 bits per heavy atom. The van der Waals surface area contributed by atoms with Crippen LogP contribution in [0.15, 0.2) is 42.5 Å². The molecule has 2 rings (SSSR count). The highest BCUT2D eigenvalue weighted by Gasteiger charge is 2.29. The van der Waals surface area contributed by atoms with Crippen molar-refractivity contribution >= 4 is 12.1 Å². The summed E-state index contributed by atoms with van der Waals surface area (Å²) >= 11 is 0. The van der Waals surface area contributed by atoms with Gasteiger partial charge < -0.3 is 20.0 Å². The highest BCUT2D eigenvalue weighted by molar-refractivity contribution is 5.91. The van der Waals surface area contributed by atoms with Crippen molar-refractivity contribution in [1.82, 2.24) is 0 Å². The van der Waals surface area contributed by atoms with Crippen LogP contribution in [0.1, 0.15) is 31.1 Å². The molecule has 0 heterocycles. The van der Waals surface area contributed by atoms with Crippen LogP contribution in [-0.4, -0.2) is 24.8 Å². The van der Waals surface area contributed by atoms with Gasteiger partial charge in [-0.25, -0.2) is 14.0 Å². The Morgan fingerprint density at radius 3 is 2.29 bits per heavy atom. The average molecular weight is 390 g/mol. The van der Waals surface area contributed by atoms with E-state index in [1.54, 1.807) is 18.2 Å². The van der Waals surface area contributed by atoms with Crippen molar-refractivity contribution in [3.05, 3.63) is 53.8 Å². The Morgan fingerprint density at radius 2 is 1.75 bits per heavy atom. The minimum Gasteiger partial charge on any atom is -0.486 e. The number of nitrogens with two attached hydrogens (primary N) is 2. The maximum absolute atomic E-state index is 13.3. The van der Waals surface area contributed by atoms with Gasteiger partial charge in [0.25, 0.3) is 0 Å². The highest BCUT2D eigenvalue weighted by Crippen LogP contribution is 2.35. The summed E-state index contributed by atoms with van der Waals surface area (Å²) < 4.78 is 24.3. The van der Waals surface area contributed by atoms with Gasteiger partial charge in [0.1, 0.15) is 24.3 Å². The Hall–Kier alpha value is -3.13. The largest absolute Gasteiger partial charge is 0.486 e. The zero-order valence-electron chi connectivity index (χ0n) is 15.9. The molecule has 0 fully saturated rings. The fourth-order valence-electron chi connectivity index (χ4n) is 2.45. The molecule has 8 heteroatoms. The van der Waals surface area contributed by atoms with Crippen LogP contribution >= 0.6 is 0 Å². The number of carbonyl (C=O) groups is 2. The van der Waals surface area contributed by atoms with Crippen molar-refractivity contribution in [2.24, 2.45) is 17.0 Å². The lowest BCUT2D eigenvalue weighted by Gasteiger charge is -2.31. The number of benzene rings is 2. The molecule has 1 atom stereocenters. The smallest absolute Gasteiger partial charge is 0.404 e. The summed E-state index contributed by atoms with van der Waals surface area (Å²) in [5.74, 6) is 4.26. The second kappa shape index (κ2) is 8.71. The SMILES string of the molecule is CC(C)(C)C(COC(N)=O)Oc1ccc(C(=O)ON)cc1-c1ccc(F)cc1. The van der Waals surface area contributed by atoms with E-state index in [1.807, 2.05) is 20.8 Å². The van der Waals surface area contributed by atoms with Gasteiger partial charge in [0, 0.05) is 11.0 Å². The van der Waals surface area contributed by atoms with Crippen molar-refractivity contribution in [1.29, 1.82) is 0 Å². The molecule has 28 heavy (non-hydrogen) atoms. The van der Waals surface area contributed by atoms with Gasteiger partial charge in [-0.1, -0.05) is 32.9 Å². The van der Waals surface area contributed by atoms with Crippen LogP contribution in [0.5, 0.6) is 5.75 Å². The normalized spacial score (nSPS) is 12.2. The first-order valence-electron chi connectivity index (χ1n) is 8.51. The monoisotopic (exact) mass is 390 g/mol. The molecular weight excluding hydrogens is 367 g/mol. The number of halogens is 1. The van der Waals surface area contributed by atoms with E-state index in [-0.39, 0.29) is 12.2 Å². The number of ether oxygens (including phenoxy) is 2. The minimum atomic E-state index is -0.905. The van der Waals surface area contributed by atoms with Crippen LogP contribution in [0.3, 0.4) is 0 Å². The van der Waals surface area contributed by atoms with E-state index in [4.69, 9.17) is 21.1 Å². The standard InChI is InChI=1S/C20H23FN2O5/c1-20(2,3)17(11-26-19(22)25)27-16-9-6-13(18(24)28-23)10-15(16)12-4-7-14(21)8-5-12/h4-10,17H,11,23H2,1-3H3,(H2,22,25). The lowest BCUT2D eigenvalue weighted by atomic mass is 9.89.